The van der Waals surface area contributed by atoms with Gasteiger partial charge < -0.3 is 19.7 Å². The highest BCUT2D eigenvalue weighted by atomic mass is 16.5. The predicted octanol–water partition coefficient (Wildman–Crippen LogP) is 3.16. The molecule has 0 aromatic heterocycles. The molecular formula is C21H26N2O3. The van der Waals surface area contributed by atoms with Crippen LogP contribution in [0.4, 0.5) is 5.69 Å². The van der Waals surface area contributed by atoms with Crippen LogP contribution in [0.3, 0.4) is 0 Å². The highest BCUT2D eigenvalue weighted by Crippen LogP contribution is 2.30. The van der Waals surface area contributed by atoms with Gasteiger partial charge in [0, 0.05) is 18.3 Å². The normalized spacial score (nSPS) is 16.0. The van der Waals surface area contributed by atoms with Gasteiger partial charge in [-0.1, -0.05) is 24.3 Å². The first kappa shape index (κ1) is 18.1. The maximum absolute atomic E-state index is 12.5. The van der Waals surface area contributed by atoms with Crippen molar-refractivity contribution in [2.45, 2.75) is 32.4 Å². The Morgan fingerprint density at radius 1 is 1.15 bits per heavy atom. The Labute approximate surface area is 154 Å². The SMILES string of the molecule is COc1ccc(CNC(=O)CN2c3ccccc3CC[C@H]2C)cc1OC. The van der Waals surface area contributed by atoms with Crippen LogP contribution in [0.1, 0.15) is 24.5 Å². The number of hydrogen-bond acceptors (Lipinski definition) is 4. The molecule has 1 aliphatic rings. The molecule has 5 heteroatoms. The minimum atomic E-state index is 0.0170. The number of nitrogens with one attached hydrogen (secondary N) is 1. The first-order valence-corrected chi connectivity index (χ1v) is 8.94. The Bertz CT molecular complexity index is 776. The van der Waals surface area contributed by atoms with Crippen molar-refractivity contribution in [3.05, 3.63) is 53.6 Å². The number of carbonyl (C=O) groups excluding carboxylic acids is 1. The van der Waals surface area contributed by atoms with E-state index in [1.54, 1.807) is 14.2 Å². The number of nitrogens with zero attached hydrogens (tertiary/aromatic N) is 1. The highest BCUT2D eigenvalue weighted by Gasteiger charge is 2.24. The molecular weight excluding hydrogens is 328 g/mol. The van der Waals surface area contributed by atoms with Crippen molar-refractivity contribution >= 4 is 11.6 Å². The summed E-state index contributed by atoms with van der Waals surface area (Å²) in [6.45, 7) is 3.01. The van der Waals surface area contributed by atoms with Gasteiger partial charge in [-0.25, -0.2) is 0 Å². The number of para-hydroxylation sites is 1. The fourth-order valence-electron chi connectivity index (χ4n) is 3.40. The Balaban J connectivity index is 1.63. The second-order valence-electron chi connectivity index (χ2n) is 6.61. The van der Waals surface area contributed by atoms with Crippen LogP contribution in [-0.4, -0.2) is 32.7 Å². The van der Waals surface area contributed by atoms with Crippen molar-refractivity contribution < 1.29 is 14.3 Å². The summed E-state index contributed by atoms with van der Waals surface area (Å²) in [6, 6.07) is 14.4. The van der Waals surface area contributed by atoms with Gasteiger partial charge in [-0.2, -0.15) is 0 Å². The van der Waals surface area contributed by atoms with Gasteiger partial charge in [-0.15, -0.1) is 0 Å². The van der Waals surface area contributed by atoms with E-state index in [-0.39, 0.29) is 5.91 Å². The molecule has 1 heterocycles. The Morgan fingerprint density at radius 3 is 2.69 bits per heavy atom. The number of aryl methyl sites for hydroxylation is 1. The van der Waals surface area contributed by atoms with E-state index in [4.69, 9.17) is 9.47 Å². The maximum atomic E-state index is 12.5. The van der Waals surface area contributed by atoms with Crippen molar-refractivity contribution in [1.29, 1.82) is 0 Å². The smallest absolute Gasteiger partial charge is 0.239 e. The number of methoxy groups -OCH3 is 2. The van der Waals surface area contributed by atoms with Gasteiger partial charge in [-0.3, -0.25) is 4.79 Å². The molecule has 0 unspecified atom stereocenters. The van der Waals surface area contributed by atoms with Crippen molar-refractivity contribution in [2.75, 3.05) is 25.7 Å². The Hall–Kier alpha value is -2.69. The molecule has 1 N–H and O–H groups in total. The number of hydrogen-bond donors (Lipinski definition) is 1. The Kier molecular flexibility index (Phi) is 5.66. The topological polar surface area (TPSA) is 50.8 Å². The maximum Gasteiger partial charge on any atom is 0.239 e. The third-order valence-electron chi connectivity index (χ3n) is 4.92. The van der Waals surface area contributed by atoms with Crippen LogP contribution in [0.5, 0.6) is 11.5 Å². The number of carbonyl (C=O) groups is 1. The van der Waals surface area contributed by atoms with Gasteiger partial charge in [0.25, 0.3) is 0 Å². The standard InChI is InChI=1S/C21H26N2O3/c1-15-8-10-17-6-4-5-7-18(17)23(15)14-21(24)22-13-16-9-11-19(25-2)20(12-16)26-3/h4-7,9,11-12,15H,8,10,13-14H2,1-3H3,(H,22,24)/t15-/m1/s1. The fraction of sp³-hybridized carbons (Fsp3) is 0.381. The van der Waals surface area contributed by atoms with Crippen LogP contribution in [0.25, 0.3) is 0 Å². The molecule has 1 atom stereocenters. The molecule has 0 saturated carbocycles. The molecule has 0 bridgehead atoms. The van der Waals surface area contributed by atoms with Crippen LogP contribution < -0.4 is 19.7 Å². The van der Waals surface area contributed by atoms with E-state index in [0.29, 0.717) is 30.6 Å². The molecule has 1 aliphatic heterocycles. The summed E-state index contributed by atoms with van der Waals surface area (Å²) >= 11 is 0. The summed E-state index contributed by atoms with van der Waals surface area (Å²) in [5, 5.41) is 3.01. The van der Waals surface area contributed by atoms with Gasteiger partial charge in [0.2, 0.25) is 5.91 Å². The Morgan fingerprint density at radius 2 is 1.92 bits per heavy atom. The summed E-state index contributed by atoms with van der Waals surface area (Å²) in [5.41, 5.74) is 3.47. The lowest BCUT2D eigenvalue weighted by molar-refractivity contribution is -0.120. The number of rotatable bonds is 6. The molecule has 1 amide bonds. The molecule has 3 rings (SSSR count). The predicted molar refractivity (Wildman–Crippen MR) is 103 cm³/mol. The molecule has 5 nitrogen and oxygen atoms in total. The van der Waals surface area contributed by atoms with Crippen molar-refractivity contribution in [3.8, 4) is 11.5 Å². The quantitative estimate of drug-likeness (QED) is 0.866. The van der Waals surface area contributed by atoms with Gasteiger partial charge in [0.05, 0.1) is 20.8 Å². The molecule has 0 aliphatic carbocycles. The minimum absolute atomic E-state index is 0.0170. The average Bonchev–Trinajstić information content (AvgIpc) is 2.68. The summed E-state index contributed by atoms with van der Waals surface area (Å²) in [4.78, 5) is 14.7. The van der Waals surface area contributed by atoms with Gasteiger partial charge in [0.1, 0.15) is 0 Å². The second-order valence-corrected chi connectivity index (χ2v) is 6.61. The molecule has 26 heavy (non-hydrogen) atoms. The zero-order chi connectivity index (χ0) is 18.5. The fourth-order valence-corrected chi connectivity index (χ4v) is 3.40. The second kappa shape index (κ2) is 8.13. The number of amides is 1. The van der Waals surface area contributed by atoms with E-state index >= 15 is 0 Å². The van der Waals surface area contributed by atoms with Crippen LogP contribution in [0.15, 0.2) is 42.5 Å². The molecule has 0 radical (unpaired) electrons. The molecule has 2 aromatic carbocycles. The lowest BCUT2D eigenvalue weighted by atomic mass is 9.96. The van der Waals surface area contributed by atoms with Crippen molar-refractivity contribution in [3.63, 3.8) is 0 Å². The molecule has 0 saturated heterocycles. The third kappa shape index (κ3) is 3.93. The average molecular weight is 354 g/mol. The number of fused-ring (bicyclic) bond motifs is 1. The van der Waals surface area contributed by atoms with Crippen LogP contribution in [0.2, 0.25) is 0 Å². The summed E-state index contributed by atoms with van der Waals surface area (Å²) in [7, 11) is 3.21. The number of ether oxygens (including phenoxy) is 2. The largest absolute Gasteiger partial charge is 0.493 e. The van der Waals surface area contributed by atoms with E-state index in [0.717, 1.165) is 18.4 Å². The number of anilines is 1. The molecule has 0 spiro atoms. The van der Waals surface area contributed by atoms with E-state index in [1.165, 1.54) is 11.3 Å². The third-order valence-corrected chi connectivity index (χ3v) is 4.92. The van der Waals surface area contributed by atoms with Crippen molar-refractivity contribution in [1.82, 2.24) is 5.32 Å². The van der Waals surface area contributed by atoms with E-state index in [9.17, 15) is 4.79 Å². The first-order valence-electron chi connectivity index (χ1n) is 8.94. The molecule has 138 valence electrons. The van der Waals surface area contributed by atoms with Gasteiger partial charge in [-0.05, 0) is 49.1 Å². The van der Waals surface area contributed by atoms with Gasteiger partial charge >= 0.3 is 0 Å². The molecule has 2 aromatic rings. The highest BCUT2D eigenvalue weighted by molar-refractivity contribution is 5.82. The zero-order valence-electron chi connectivity index (χ0n) is 15.6. The van der Waals surface area contributed by atoms with E-state index < -0.39 is 0 Å². The van der Waals surface area contributed by atoms with E-state index in [2.05, 4.69) is 35.3 Å². The van der Waals surface area contributed by atoms with Crippen LogP contribution in [-0.2, 0) is 17.8 Å². The van der Waals surface area contributed by atoms with Gasteiger partial charge in [0.15, 0.2) is 11.5 Å². The van der Waals surface area contributed by atoms with Crippen LogP contribution >= 0.6 is 0 Å². The number of benzene rings is 2. The van der Waals surface area contributed by atoms with E-state index in [1.807, 2.05) is 24.3 Å². The first-order chi connectivity index (χ1) is 12.6. The van der Waals surface area contributed by atoms with Crippen molar-refractivity contribution in [2.24, 2.45) is 0 Å². The lowest BCUT2D eigenvalue weighted by Crippen LogP contribution is -2.44. The monoisotopic (exact) mass is 354 g/mol. The summed E-state index contributed by atoms with van der Waals surface area (Å²) < 4.78 is 10.6. The minimum Gasteiger partial charge on any atom is -0.493 e. The molecule has 0 fully saturated rings. The summed E-state index contributed by atoms with van der Waals surface area (Å²) in [5.74, 6) is 1.36. The van der Waals surface area contributed by atoms with Crippen LogP contribution in [0, 0.1) is 0 Å². The zero-order valence-corrected chi connectivity index (χ0v) is 15.6. The lowest BCUT2D eigenvalue weighted by Gasteiger charge is -2.36. The summed E-state index contributed by atoms with van der Waals surface area (Å²) in [6.07, 6.45) is 2.14.